The molecule has 2 heterocycles. The van der Waals surface area contributed by atoms with E-state index < -0.39 is 10.1 Å². The van der Waals surface area contributed by atoms with Crippen molar-refractivity contribution in [2.75, 3.05) is 0 Å². The number of aryl methyl sites for hydroxylation is 2. The Morgan fingerprint density at radius 3 is 1.73 bits per heavy atom. The lowest BCUT2D eigenvalue weighted by molar-refractivity contribution is 0.483. The zero-order valence-corrected chi connectivity index (χ0v) is 29.7. The fraction of sp³-hybridized carbons (Fsp3) is 0.209. The minimum atomic E-state index is -4.29. The fourth-order valence-corrected chi connectivity index (χ4v) is 7.89. The molecule has 2 aromatic heterocycles. The monoisotopic (exact) mass is 692 g/mol. The van der Waals surface area contributed by atoms with Gasteiger partial charge in [0, 0.05) is 35.1 Å². The van der Waals surface area contributed by atoms with Crippen LogP contribution in [0.25, 0.3) is 34.7 Å². The van der Waals surface area contributed by atoms with Crippen LogP contribution in [0.15, 0.2) is 108 Å². The molecule has 8 heteroatoms. The van der Waals surface area contributed by atoms with E-state index in [0.29, 0.717) is 13.0 Å². The van der Waals surface area contributed by atoms with Crippen molar-refractivity contribution < 1.29 is 13.0 Å². The first kappa shape index (κ1) is 32.9. The van der Waals surface area contributed by atoms with Crippen LogP contribution >= 0.6 is 0 Å². The molecule has 0 saturated heterocycles. The van der Waals surface area contributed by atoms with E-state index in [1.165, 1.54) is 45.1 Å². The number of aromatic nitrogens is 4. The number of unbranched alkanes of at least 4 members (excludes halogenated alkanes) is 2. The van der Waals surface area contributed by atoms with Gasteiger partial charge in [-0.1, -0.05) is 102 Å². The molecule has 0 atom stereocenters. The molecule has 6 aromatic rings. The van der Waals surface area contributed by atoms with E-state index in [-0.39, 0.29) is 4.90 Å². The summed E-state index contributed by atoms with van der Waals surface area (Å²) in [7, 11) is -4.29. The molecule has 7 nitrogen and oxygen atoms in total. The van der Waals surface area contributed by atoms with E-state index in [2.05, 4.69) is 116 Å². The zero-order chi connectivity index (χ0) is 35.1. The third-order valence-corrected chi connectivity index (χ3v) is 10.8. The standard InChI is InChI=1S/C43H40N4O3S/c1-29-14-18-31(19-15-29)27-46-42-36-11-9-8-10-33(36)25-38(42)40(44-46)12-6-4-3-5-7-13-41-39-26-34-24-35(51(48,49)50)22-23-37(34)43(39)47(45-41)28-32-20-16-30(2)17-21-32/h6-24H,3-5,25-28H2,1-2H3,(H,48,49,50)/b12-6+,13-7+. The quantitative estimate of drug-likeness (QED) is 0.108. The summed E-state index contributed by atoms with van der Waals surface area (Å²) in [6.45, 7) is 5.54. The average molecular weight is 693 g/mol. The van der Waals surface area contributed by atoms with Crippen LogP contribution in [-0.4, -0.2) is 32.5 Å². The van der Waals surface area contributed by atoms with Crippen LogP contribution in [0.4, 0.5) is 0 Å². The summed E-state index contributed by atoms with van der Waals surface area (Å²) >= 11 is 0. The Balaban J connectivity index is 0.972. The molecule has 0 amide bonds. The fourth-order valence-electron chi connectivity index (χ4n) is 7.35. The van der Waals surface area contributed by atoms with Crippen molar-refractivity contribution in [2.45, 2.75) is 63.9 Å². The van der Waals surface area contributed by atoms with Gasteiger partial charge in [0.1, 0.15) is 0 Å². The minimum absolute atomic E-state index is 0.0814. The maximum atomic E-state index is 11.9. The van der Waals surface area contributed by atoms with E-state index in [1.807, 2.05) is 4.68 Å². The van der Waals surface area contributed by atoms with Crippen LogP contribution < -0.4 is 0 Å². The molecule has 1 N–H and O–H groups in total. The number of hydrogen-bond acceptors (Lipinski definition) is 4. The summed E-state index contributed by atoms with van der Waals surface area (Å²) in [5.41, 5.74) is 15.9. The van der Waals surface area contributed by atoms with Crippen molar-refractivity contribution in [3.05, 3.63) is 159 Å². The number of fused-ring (bicyclic) bond motifs is 6. The molecule has 0 saturated carbocycles. The lowest BCUT2D eigenvalue weighted by atomic mass is 10.1. The molecule has 0 fully saturated rings. The van der Waals surface area contributed by atoms with Gasteiger partial charge in [-0.2, -0.15) is 18.6 Å². The maximum Gasteiger partial charge on any atom is 0.294 e. The Kier molecular flexibility index (Phi) is 8.66. The summed E-state index contributed by atoms with van der Waals surface area (Å²) in [5, 5.41) is 10.1. The Morgan fingerprint density at radius 2 is 1.18 bits per heavy atom. The molecular weight excluding hydrogens is 653 g/mol. The van der Waals surface area contributed by atoms with E-state index in [4.69, 9.17) is 10.2 Å². The number of allylic oxidation sites excluding steroid dienone is 2. The van der Waals surface area contributed by atoms with Gasteiger partial charge in [-0.05, 0) is 79.6 Å². The average Bonchev–Trinajstić information content (AvgIpc) is 3.86. The Hall–Kier alpha value is -5.31. The van der Waals surface area contributed by atoms with E-state index in [9.17, 15) is 13.0 Å². The molecule has 2 aliphatic carbocycles. The highest BCUT2D eigenvalue weighted by Gasteiger charge is 2.29. The Bertz CT molecular complexity index is 2430. The third-order valence-electron chi connectivity index (χ3n) is 10.00. The summed E-state index contributed by atoms with van der Waals surface area (Å²) < 4.78 is 37.6. The summed E-state index contributed by atoms with van der Waals surface area (Å²) in [4.78, 5) is -0.0814. The first-order chi connectivity index (χ1) is 24.7. The first-order valence-electron chi connectivity index (χ1n) is 17.5. The number of rotatable bonds is 11. The highest BCUT2D eigenvalue weighted by atomic mass is 32.2. The van der Waals surface area contributed by atoms with Gasteiger partial charge in [0.05, 0.1) is 40.8 Å². The predicted octanol–water partition coefficient (Wildman–Crippen LogP) is 9.08. The Morgan fingerprint density at radius 1 is 0.667 bits per heavy atom. The van der Waals surface area contributed by atoms with Crippen LogP contribution in [0.1, 0.15) is 75.2 Å². The molecule has 0 aliphatic heterocycles. The van der Waals surface area contributed by atoms with Crippen LogP contribution in [0, 0.1) is 13.8 Å². The predicted molar refractivity (Wildman–Crippen MR) is 203 cm³/mol. The largest absolute Gasteiger partial charge is 0.294 e. The van der Waals surface area contributed by atoms with E-state index in [0.717, 1.165) is 71.6 Å². The van der Waals surface area contributed by atoms with Gasteiger partial charge in [0.2, 0.25) is 0 Å². The van der Waals surface area contributed by atoms with Crippen molar-refractivity contribution in [3.63, 3.8) is 0 Å². The highest BCUT2D eigenvalue weighted by molar-refractivity contribution is 7.85. The van der Waals surface area contributed by atoms with Gasteiger partial charge in [0.25, 0.3) is 10.1 Å². The molecule has 0 spiro atoms. The van der Waals surface area contributed by atoms with Crippen LogP contribution in [0.3, 0.4) is 0 Å². The van der Waals surface area contributed by atoms with Gasteiger partial charge in [-0.3, -0.25) is 13.9 Å². The molecular formula is C43H40N4O3S. The van der Waals surface area contributed by atoms with Crippen LogP contribution in [-0.2, 0) is 36.0 Å². The smallest absolute Gasteiger partial charge is 0.282 e. The zero-order valence-electron chi connectivity index (χ0n) is 28.9. The lowest BCUT2D eigenvalue weighted by Crippen LogP contribution is -2.04. The van der Waals surface area contributed by atoms with Gasteiger partial charge < -0.3 is 0 Å². The van der Waals surface area contributed by atoms with Crippen molar-refractivity contribution in [2.24, 2.45) is 0 Å². The SMILES string of the molecule is Cc1ccc(Cn2nc(/C=C/CCC/C=C/c3nn(Cc4ccc(C)cc4)c4c3Cc3cc(S(=O)(=O)O)ccc3-4)c3c2-c2ccccc2C3)cc1. The van der Waals surface area contributed by atoms with E-state index >= 15 is 0 Å². The number of hydrogen-bond donors (Lipinski definition) is 1. The maximum absolute atomic E-state index is 11.9. The molecule has 0 bridgehead atoms. The normalized spacial score (nSPS) is 13.2. The Labute approximate surface area is 299 Å². The van der Waals surface area contributed by atoms with Gasteiger partial charge in [-0.15, -0.1) is 0 Å². The van der Waals surface area contributed by atoms with Crippen molar-refractivity contribution in [1.29, 1.82) is 0 Å². The molecule has 256 valence electrons. The number of nitrogens with zero attached hydrogens (tertiary/aromatic N) is 4. The van der Waals surface area contributed by atoms with Crippen LogP contribution in [0.2, 0.25) is 0 Å². The topological polar surface area (TPSA) is 90.0 Å². The second-order valence-electron chi connectivity index (χ2n) is 13.8. The van der Waals surface area contributed by atoms with Crippen molar-refractivity contribution in [1.82, 2.24) is 19.6 Å². The summed E-state index contributed by atoms with van der Waals surface area (Å²) in [6, 6.07) is 30.6. The van der Waals surface area contributed by atoms with Crippen LogP contribution in [0.5, 0.6) is 0 Å². The lowest BCUT2D eigenvalue weighted by Gasteiger charge is -2.09. The van der Waals surface area contributed by atoms with Crippen molar-refractivity contribution in [3.8, 4) is 22.5 Å². The van der Waals surface area contributed by atoms with Gasteiger partial charge in [-0.25, -0.2) is 0 Å². The second kappa shape index (κ2) is 13.4. The number of benzene rings is 4. The molecule has 2 aliphatic rings. The first-order valence-corrected chi connectivity index (χ1v) is 19.0. The molecule has 0 unspecified atom stereocenters. The molecule has 51 heavy (non-hydrogen) atoms. The third kappa shape index (κ3) is 6.65. The molecule has 8 rings (SSSR count). The van der Waals surface area contributed by atoms with Crippen molar-refractivity contribution >= 4 is 22.3 Å². The van der Waals surface area contributed by atoms with Gasteiger partial charge >= 0.3 is 0 Å². The van der Waals surface area contributed by atoms with Gasteiger partial charge in [0.15, 0.2) is 0 Å². The minimum Gasteiger partial charge on any atom is -0.282 e. The summed E-state index contributed by atoms with van der Waals surface area (Å²) in [6.07, 6.45) is 13.0. The summed E-state index contributed by atoms with van der Waals surface area (Å²) in [5.74, 6) is 0. The molecule has 0 radical (unpaired) electrons. The second-order valence-corrected chi connectivity index (χ2v) is 15.2. The highest BCUT2D eigenvalue weighted by Crippen LogP contribution is 2.41. The molecule has 4 aromatic carbocycles. The van der Waals surface area contributed by atoms with E-state index in [1.54, 1.807) is 12.1 Å².